The Morgan fingerprint density at radius 3 is 2.29 bits per heavy atom. The van der Waals surface area contributed by atoms with Gasteiger partial charge in [-0.05, 0) is 30.5 Å². The van der Waals surface area contributed by atoms with E-state index in [-0.39, 0.29) is 50.3 Å². The van der Waals surface area contributed by atoms with Gasteiger partial charge in [-0.3, -0.25) is 13.9 Å². The number of hydrogen-bond donors (Lipinski definition) is 1. The molecule has 0 radical (unpaired) electrons. The van der Waals surface area contributed by atoms with Gasteiger partial charge in [-0.2, -0.15) is 13.2 Å². The third-order valence-electron chi connectivity index (χ3n) is 7.82. The molecule has 2 aromatic carbocycles. The van der Waals surface area contributed by atoms with Crippen LogP contribution in [0, 0.1) is 5.82 Å². The van der Waals surface area contributed by atoms with Gasteiger partial charge in [0.15, 0.2) is 0 Å². The van der Waals surface area contributed by atoms with E-state index in [4.69, 9.17) is 10.5 Å². The maximum Gasteiger partial charge on any atom is 0.416 e. The van der Waals surface area contributed by atoms with Crippen molar-refractivity contribution in [3.8, 4) is 0 Å². The Balaban J connectivity index is 1.67. The molecule has 0 aliphatic carbocycles. The second-order valence-corrected chi connectivity index (χ2v) is 12.3. The molecule has 0 amide bonds. The molecule has 5 rings (SSSR count). The van der Waals surface area contributed by atoms with Gasteiger partial charge in [0.05, 0.1) is 42.8 Å². The Morgan fingerprint density at radius 2 is 1.68 bits per heavy atom. The average molecular weight is 597 g/mol. The van der Waals surface area contributed by atoms with E-state index in [1.54, 1.807) is 30.3 Å². The van der Waals surface area contributed by atoms with Gasteiger partial charge in [0.2, 0.25) is 10.0 Å². The first-order chi connectivity index (χ1) is 19.2. The summed E-state index contributed by atoms with van der Waals surface area (Å²) in [6.45, 7) is -1.33. The van der Waals surface area contributed by atoms with Gasteiger partial charge in [-0.25, -0.2) is 21.9 Å². The number of aromatic nitrogens is 2. The molecule has 2 aliphatic rings. The topological polar surface area (TPSA) is 117 Å². The van der Waals surface area contributed by atoms with E-state index in [0.717, 1.165) is 33.6 Å². The molecule has 14 heteroatoms. The summed E-state index contributed by atoms with van der Waals surface area (Å²) in [5, 5.41) is 0. The molecule has 1 atom stereocenters. The van der Waals surface area contributed by atoms with Gasteiger partial charge in [-0.1, -0.05) is 36.4 Å². The summed E-state index contributed by atoms with van der Waals surface area (Å²) in [4.78, 5) is 27.7. The molecule has 220 valence electrons. The lowest BCUT2D eigenvalue weighted by Crippen LogP contribution is -2.50. The SMILES string of the molecule is CS(=O)(=O)N1CCC2(CC1)OCc1c2c(=O)n(CC(N)c2ccccc2)c(=O)n1Cc1c(F)cccc1C(F)(F)F. The lowest BCUT2D eigenvalue weighted by atomic mass is 9.86. The van der Waals surface area contributed by atoms with Crippen LogP contribution < -0.4 is 17.0 Å². The highest BCUT2D eigenvalue weighted by Crippen LogP contribution is 2.43. The highest BCUT2D eigenvalue weighted by Gasteiger charge is 2.48. The third kappa shape index (κ3) is 5.36. The van der Waals surface area contributed by atoms with Crippen LogP contribution in [0.15, 0.2) is 58.1 Å². The zero-order valence-corrected chi connectivity index (χ0v) is 22.8. The second-order valence-electron chi connectivity index (χ2n) is 10.3. The molecule has 2 N–H and O–H groups in total. The van der Waals surface area contributed by atoms with Crippen molar-refractivity contribution in [2.24, 2.45) is 5.73 Å². The lowest BCUT2D eigenvalue weighted by Gasteiger charge is -2.37. The second kappa shape index (κ2) is 10.5. The molecule has 1 aromatic heterocycles. The van der Waals surface area contributed by atoms with Gasteiger partial charge in [0, 0.05) is 24.7 Å². The van der Waals surface area contributed by atoms with Crippen LogP contribution >= 0.6 is 0 Å². The fourth-order valence-electron chi connectivity index (χ4n) is 5.67. The first-order valence-corrected chi connectivity index (χ1v) is 14.7. The van der Waals surface area contributed by atoms with E-state index >= 15 is 0 Å². The van der Waals surface area contributed by atoms with Crippen molar-refractivity contribution in [3.05, 3.63) is 103 Å². The number of nitrogens with zero attached hydrogens (tertiary/aromatic N) is 3. The number of alkyl halides is 3. The van der Waals surface area contributed by atoms with E-state index in [9.17, 15) is 35.6 Å². The van der Waals surface area contributed by atoms with Crippen LogP contribution in [0.4, 0.5) is 17.6 Å². The summed E-state index contributed by atoms with van der Waals surface area (Å²) < 4.78 is 89.6. The van der Waals surface area contributed by atoms with Gasteiger partial charge >= 0.3 is 11.9 Å². The van der Waals surface area contributed by atoms with Crippen molar-refractivity contribution in [1.82, 2.24) is 13.4 Å². The van der Waals surface area contributed by atoms with E-state index in [2.05, 4.69) is 0 Å². The van der Waals surface area contributed by atoms with Crippen molar-refractivity contribution < 1.29 is 30.7 Å². The number of benzene rings is 2. The van der Waals surface area contributed by atoms with E-state index < -0.39 is 62.6 Å². The molecule has 9 nitrogen and oxygen atoms in total. The standard InChI is InChI=1S/C27H28F4N4O5S/c1-41(38,39)33-12-10-26(11-13-33)23-22(16-40-26)34(14-18-19(27(29,30)31)8-5-9-20(18)28)25(37)35(24(23)36)15-21(32)17-6-3-2-4-7-17/h2-9,21H,10-16,32H2,1H3. The fourth-order valence-corrected chi connectivity index (χ4v) is 6.52. The van der Waals surface area contributed by atoms with Crippen molar-refractivity contribution in [2.75, 3.05) is 19.3 Å². The molecule has 0 saturated carbocycles. The summed E-state index contributed by atoms with van der Waals surface area (Å²) >= 11 is 0. The van der Waals surface area contributed by atoms with Crippen LogP contribution in [0.2, 0.25) is 0 Å². The first-order valence-electron chi connectivity index (χ1n) is 12.8. The van der Waals surface area contributed by atoms with E-state index in [1.807, 2.05) is 0 Å². The minimum atomic E-state index is -4.90. The Labute approximate surface area is 232 Å². The van der Waals surface area contributed by atoms with Crippen LogP contribution in [0.1, 0.15) is 46.8 Å². The number of sulfonamides is 1. The predicted molar refractivity (Wildman–Crippen MR) is 141 cm³/mol. The molecular weight excluding hydrogens is 568 g/mol. The Morgan fingerprint density at radius 1 is 1.02 bits per heavy atom. The van der Waals surface area contributed by atoms with Crippen LogP contribution in [0.5, 0.6) is 0 Å². The number of nitrogens with two attached hydrogens (primary N) is 1. The monoisotopic (exact) mass is 596 g/mol. The summed E-state index contributed by atoms with van der Waals surface area (Å²) in [6, 6.07) is 10.4. The Bertz CT molecular complexity index is 1700. The quantitative estimate of drug-likeness (QED) is 0.438. The number of hydrogen-bond acceptors (Lipinski definition) is 6. The predicted octanol–water partition coefficient (Wildman–Crippen LogP) is 2.70. The number of fused-ring (bicyclic) bond motifs is 2. The lowest BCUT2D eigenvalue weighted by molar-refractivity contribution is -0.138. The smallest absolute Gasteiger partial charge is 0.364 e. The Kier molecular flexibility index (Phi) is 7.47. The summed E-state index contributed by atoms with van der Waals surface area (Å²) in [5.74, 6) is -1.16. The molecule has 1 unspecified atom stereocenters. The molecule has 1 spiro atoms. The Hall–Kier alpha value is -3.33. The fraction of sp³-hybridized carbons (Fsp3) is 0.407. The number of piperidine rings is 1. The van der Waals surface area contributed by atoms with Crippen LogP contribution in [-0.2, 0) is 46.2 Å². The molecule has 2 aliphatic heterocycles. The third-order valence-corrected chi connectivity index (χ3v) is 9.13. The number of halogens is 4. The van der Waals surface area contributed by atoms with Gasteiger partial charge < -0.3 is 10.5 Å². The highest BCUT2D eigenvalue weighted by molar-refractivity contribution is 7.88. The van der Waals surface area contributed by atoms with E-state index in [0.29, 0.717) is 5.56 Å². The van der Waals surface area contributed by atoms with Crippen LogP contribution in [-0.4, -0.2) is 41.2 Å². The zero-order valence-electron chi connectivity index (χ0n) is 22.0. The molecule has 41 heavy (non-hydrogen) atoms. The van der Waals surface area contributed by atoms with Crippen LogP contribution in [0.25, 0.3) is 0 Å². The van der Waals surface area contributed by atoms with Gasteiger partial charge in [0.1, 0.15) is 11.4 Å². The van der Waals surface area contributed by atoms with Gasteiger partial charge in [-0.15, -0.1) is 0 Å². The van der Waals surface area contributed by atoms with Crippen molar-refractivity contribution in [1.29, 1.82) is 0 Å². The minimum Gasteiger partial charge on any atom is -0.364 e. The minimum absolute atomic E-state index is 0.0336. The average Bonchev–Trinajstić information content (AvgIpc) is 3.27. The number of ether oxygens (including phenoxy) is 1. The molecule has 3 aromatic rings. The van der Waals surface area contributed by atoms with E-state index in [1.165, 1.54) is 4.31 Å². The highest BCUT2D eigenvalue weighted by atomic mass is 32.2. The molecule has 0 bridgehead atoms. The molecular formula is C27H28F4N4O5S. The van der Waals surface area contributed by atoms with Crippen LogP contribution in [0.3, 0.4) is 0 Å². The summed E-state index contributed by atoms with van der Waals surface area (Å²) in [7, 11) is -3.52. The number of rotatable bonds is 6. The zero-order chi connectivity index (χ0) is 29.7. The van der Waals surface area contributed by atoms with Crippen molar-refractivity contribution in [3.63, 3.8) is 0 Å². The molecule has 1 saturated heterocycles. The maximum atomic E-state index is 14.9. The van der Waals surface area contributed by atoms with Crippen molar-refractivity contribution >= 4 is 10.0 Å². The summed E-state index contributed by atoms with van der Waals surface area (Å²) in [5.41, 5.74) is 2.09. The first kappa shape index (κ1) is 29.2. The van der Waals surface area contributed by atoms with Crippen molar-refractivity contribution in [2.45, 2.75) is 50.4 Å². The summed E-state index contributed by atoms with van der Waals surface area (Å²) in [6.07, 6.45) is -3.67. The van der Waals surface area contributed by atoms with Gasteiger partial charge in [0.25, 0.3) is 5.56 Å². The maximum absolute atomic E-state index is 14.9. The largest absolute Gasteiger partial charge is 0.416 e. The normalized spacial score (nSPS) is 18.0. The molecule has 1 fully saturated rings. The molecule has 3 heterocycles.